The number of nitrogens with one attached hydrogen (secondary N) is 1. The maximum Gasteiger partial charge on any atom is 0.0477 e. The Hall–Kier alpha value is -0.120. The summed E-state index contributed by atoms with van der Waals surface area (Å²) in [5.74, 6) is 0. The monoisotopic (exact) mass is 215 g/mol. The third kappa shape index (κ3) is 5.50. The van der Waals surface area contributed by atoms with E-state index in [2.05, 4.69) is 12.2 Å². The van der Waals surface area contributed by atoms with Gasteiger partial charge >= 0.3 is 0 Å². The molecule has 1 heterocycles. The molecule has 1 N–H and O–H groups in total. The average molecular weight is 215 g/mol. The lowest BCUT2D eigenvalue weighted by Crippen LogP contribution is -2.37. The van der Waals surface area contributed by atoms with E-state index in [1.807, 2.05) is 6.92 Å². The van der Waals surface area contributed by atoms with Gasteiger partial charge in [0.25, 0.3) is 0 Å². The van der Waals surface area contributed by atoms with Crippen LogP contribution in [0.25, 0.3) is 0 Å². The van der Waals surface area contributed by atoms with Crippen LogP contribution in [0.3, 0.4) is 0 Å². The van der Waals surface area contributed by atoms with Crippen LogP contribution in [0.15, 0.2) is 0 Å². The zero-order chi connectivity index (χ0) is 11.0. The van der Waals surface area contributed by atoms with E-state index in [9.17, 15) is 0 Å². The number of hydrogen-bond donors (Lipinski definition) is 1. The molecule has 15 heavy (non-hydrogen) atoms. The number of ether oxygens (including phenoxy) is 2. The Morgan fingerprint density at radius 1 is 1.33 bits per heavy atom. The Bertz CT molecular complexity index is 156. The topological polar surface area (TPSA) is 30.5 Å². The molecule has 0 saturated carbocycles. The molecule has 0 amide bonds. The van der Waals surface area contributed by atoms with E-state index in [1.54, 1.807) is 0 Å². The molecule has 0 aromatic rings. The second-order valence-corrected chi connectivity index (χ2v) is 4.65. The van der Waals surface area contributed by atoms with E-state index in [1.165, 1.54) is 12.8 Å². The van der Waals surface area contributed by atoms with Crippen LogP contribution in [0.2, 0.25) is 0 Å². The van der Waals surface area contributed by atoms with Crippen LogP contribution in [0.1, 0.15) is 33.1 Å². The fraction of sp³-hybridized carbons (Fsp3) is 1.00. The van der Waals surface area contributed by atoms with Gasteiger partial charge in [0.1, 0.15) is 0 Å². The van der Waals surface area contributed by atoms with Gasteiger partial charge in [-0.2, -0.15) is 0 Å². The maximum absolute atomic E-state index is 5.38. The largest absolute Gasteiger partial charge is 0.382 e. The Morgan fingerprint density at radius 2 is 2.07 bits per heavy atom. The van der Waals surface area contributed by atoms with Crippen molar-refractivity contribution < 1.29 is 9.47 Å². The molecule has 0 aromatic carbocycles. The van der Waals surface area contributed by atoms with Crippen molar-refractivity contribution in [2.75, 3.05) is 39.5 Å². The molecular formula is C12H25NO2. The number of rotatable bonds is 7. The third-order valence-corrected chi connectivity index (χ3v) is 3.10. The van der Waals surface area contributed by atoms with Crippen LogP contribution in [-0.2, 0) is 9.47 Å². The first-order valence-corrected chi connectivity index (χ1v) is 6.13. The van der Waals surface area contributed by atoms with Gasteiger partial charge in [0.15, 0.2) is 0 Å². The lowest BCUT2D eigenvalue weighted by molar-refractivity contribution is 0.0239. The lowest BCUT2D eigenvalue weighted by atomic mass is 9.82. The minimum Gasteiger partial charge on any atom is -0.382 e. The van der Waals surface area contributed by atoms with Crippen molar-refractivity contribution in [1.29, 1.82) is 0 Å². The minimum absolute atomic E-state index is 0.448. The van der Waals surface area contributed by atoms with Crippen molar-refractivity contribution in [1.82, 2.24) is 5.32 Å². The predicted molar refractivity (Wildman–Crippen MR) is 62.1 cm³/mol. The number of hydrogen-bond acceptors (Lipinski definition) is 3. The summed E-state index contributed by atoms with van der Waals surface area (Å²) in [6.07, 6.45) is 3.48. The molecule has 0 atom stereocenters. The molecule has 0 spiro atoms. The summed E-state index contributed by atoms with van der Waals surface area (Å²) in [7, 11) is 0. The summed E-state index contributed by atoms with van der Waals surface area (Å²) in [4.78, 5) is 0. The van der Waals surface area contributed by atoms with Gasteiger partial charge in [0.05, 0.1) is 0 Å². The minimum atomic E-state index is 0.448. The van der Waals surface area contributed by atoms with Crippen molar-refractivity contribution in [3.05, 3.63) is 0 Å². The maximum atomic E-state index is 5.38. The Kier molecular flexibility index (Phi) is 6.22. The second-order valence-electron chi connectivity index (χ2n) is 4.65. The highest BCUT2D eigenvalue weighted by Gasteiger charge is 2.26. The van der Waals surface area contributed by atoms with Crippen LogP contribution in [-0.4, -0.2) is 39.5 Å². The fourth-order valence-electron chi connectivity index (χ4n) is 1.87. The Balaban J connectivity index is 1.98. The van der Waals surface area contributed by atoms with Crippen molar-refractivity contribution >= 4 is 0 Å². The van der Waals surface area contributed by atoms with Gasteiger partial charge in [0, 0.05) is 33.0 Å². The standard InChI is InChI=1S/C12H25NO2/c1-3-14-8-4-7-13-11-12(2)5-9-15-10-6-12/h13H,3-11H2,1-2H3. The highest BCUT2D eigenvalue weighted by Crippen LogP contribution is 2.28. The smallest absolute Gasteiger partial charge is 0.0477 e. The fourth-order valence-corrected chi connectivity index (χ4v) is 1.87. The molecule has 0 unspecified atom stereocenters. The van der Waals surface area contributed by atoms with Gasteiger partial charge in [-0.1, -0.05) is 6.92 Å². The molecule has 1 aliphatic heterocycles. The average Bonchev–Trinajstić information content (AvgIpc) is 2.24. The van der Waals surface area contributed by atoms with E-state index in [0.29, 0.717) is 5.41 Å². The zero-order valence-electron chi connectivity index (χ0n) is 10.2. The third-order valence-electron chi connectivity index (χ3n) is 3.10. The summed E-state index contributed by atoms with van der Waals surface area (Å²) in [6, 6.07) is 0. The highest BCUT2D eigenvalue weighted by molar-refractivity contribution is 4.79. The van der Waals surface area contributed by atoms with Crippen LogP contribution < -0.4 is 5.32 Å². The van der Waals surface area contributed by atoms with Crippen molar-refractivity contribution in [2.45, 2.75) is 33.1 Å². The van der Waals surface area contributed by atoms with Crippen LogP contribution in [0, 0.1) is 5.41 Å². The molecule has 0 radical (unpaired) electrons. The summed E-state index contributed by atoms with van der Waals surface area (Å²) < 4.78 is 10.7. The van der Waals surface area contributed by atoms with Gasteiger partial charge in [-0.05, 0) is 38.1 Å². The van der Waals surface area contributed by atoms with E-state index >= 15 is 0 Å². The van der Waals surface area contributed by atoms with Gasteiger partial charge < -0.3 is 14.8 Å². The van der Waals surface area contributed by atoms with Crippen molar-refractivity contribution in [3.63, 3.8) is 0 Å². The van der Waals surface area contributed by atoms with Crippen molar-refractivity contribution in [2.24, 2.45) is 5.41 Å². The highest BCUT2D eigenvalue weighted by atomic mass is 16.5. The molecule has 1 fully saturated rings. The first-order chi connectivity index (χ1) is 7.27. The van der Waals surface area contributed by atoms with Gasteiger partial charge in [-0.3, -0.25) is 0 Å². The molecule has 1 saturated heterocycles. The molecule has 0 aromatic heterocycles. The Labute approximate surface area is 93.5 Å². The molecule has 1 aliphatic rings. The first-order valence-electron chi connectivity index (χ1n) is 6.13. The Morgan fingerprint density at radius 3 is 2.73 bits per heavy atom. The molecule has 0 bridgehead atoms. The van der Waals surface area contributed by atoms with Gasteiger partial charge in [-0.25, -0.2) is 0 Å². The van der Waals surface area contributed by atoms with E-state index in [-0.39, 0.29) is 0 Å². The molecular weight excluding hydrogens is 190 g/mol. The molecule has 90 valence electrons. The molecule has 3 heteroatoms. The molecule has 0 aliphatic carbocycles. The normalized spacial score (nSPS) is 20.4. The van der Waals surface area contributed by atoms with Gasteiger partial charge in [-0.15, -0.1) is 0 Å². The molecule has 3 nitrogen and oxygen atoms in total. The summed E-state index contributed by atoms with van der Waals surface area (Å²) in [5.41, 5.74) is 0.448. The molecule has 1 rings (SSSR count). The van der Waals surface area contributed by atoms with Crippen LogP contribution in [0.5, 0.6) is 0 Å². The summed E-state index contributed by atoms with van der Waals surface area (Å²) in [6.45, 7) is 10.1. The quantitative estimate of drug-likeness (QED) is 0.657. The zero-order valence-corrected chi connectivity index (χ0v) is 10.2. The van der Waals surface area contributed by atoms with Crippen LogP contribution in [0.4, 0.5) is 0 Å². The van der Waals surface area contributed by atoms with Crippen molar-refractivity contribution in [3.8, 4) is 0 Å². The van der Waals surface area contributed by atoms with E-state index in [4.69, 9.17) is 9.47 Å². The van der Waals surface area contributed by atoms with E-state index < -0.39 is 0 Å². The predicted octanol–water partition coefficient (Wildman–Crippen LogP) is 1.82. The van der Waals surface area contributed by atoms with E-state index in [0.717, 1.165) is 45.9 Å². The summed E-state index contributed by atoms with van der Waals surface area (Å²) >= 11 is 0. The first kappa shape index (κ1) is 12.9. The summed E-state index contributed by atoms with van der Waals surface area (Å²) in [5, 5.41) is 3.52. The van der Waals surface area contributed by atoms with Gasteiger partial charge in [0.2, 0.25) is 0 Å². The second kappa shape index (κ2) is 7.20. The van der Waals surface area contributed by atoms with Crippen LogP contribution >= 0.6 is 0 Å². The SMILES string of the molecule is CCOCCCNCC1(C)CCOCC1. The lowest BCUT2D eigenvalue weighted by Gasteiger charge is -2.33.